The van der Waals surface area contributed by atoms with Gasteiger partial charge in [-0.3, -0.25) is 0 Å². The number of hydrogen-bond acceptors (Lipinski definition) is 5. The molecule has 5 heteroatoms. The first-order chi connectivity index (χ1) is 13.2. The Morgan fingerprint density at radius 3 is 2.63 bits per heavy atom. The van der Waals surface area contributed by atoms with Gasteiger partial charge in [-0.15, -0.1) is 0 Å². The lowest BCUT2D eigenvalue weighted by Crippen LogP contribution is -2.30. The van der Waals surface area contributed by atoms with Gasteiger partial charge in [0.15, 0.2) is 0 Å². The van der Waals surface area contributed by atoms with Crippen molar-refractivity contribution in [3.63, 3.8) is 0 Å². The summed E-state index contributed by atoms with van der Waals surface area (Å²) < 4.78 is 5.27. The van der Waals surface area contributed by atoms with Gasteiger partial charge < -0.3 is 14.5 Å². The van der Waals surface area contributed by atoms with E-state index in [2.05, 4.69) is 34.3 Å². The quantitative estimate of drug-likeness (QED) is 0.614. The maximum atomic E-state index is 12.2. The Kier molecular flexibility index (Phi) is 4.92. The lowest BCUT2D eigenvalue weighted by Gasteiger charge is -2.31. The summed E-state index contributed by atoms with van der Waals surface area (Å²) in [4.78, 5) is 19.4. The molecule has 0 unspecified atom stereocenters. The zero-order valence-electron chi connectivity index (χ0n) is 15.3. The third-order valence-electron chi connectivity index (χ3n) is 5.15. The van der Waals surface area contributed by atoms with Crippen molar-refractivity contribution in [2.75, 3.05) is 20.2 Å². The molecular formula is C22H22N2O3. The second kappa shape index (κ2) is 7.66. The van der Waals surface area contributed by atoms with E-state index in [4.69, 9.17) is 9.57 Å². The van der Waals surface area contributed by atoms with Crippen LogP contribution in [0.2, 0.25) is 0 Å². The van der Waals surface area contributed by atoms with Gasteiger partial charge in [-0.1, -0.05) is 47.6 Å². The molecule has 0 N–H and O–H groups in total. The predicted octanol–water partition coefficient (Wildman–Crippen LogP) is 3.72. The summed E-state index contributed by atoms with van der Waals surface area (Å²) in [6.07, 6.45) is 4.03. The Morgan fingerprint density at radius 2 is 1.89 bits per heavy atom. The number of methoxy groups -OCH3 is 1. The summed E-state index contributed by atoms with van der Waals surface area (Å²) in [5, 5.41) is 3.99. The summed E-state index contributed by atoms with van der Waals surface area (Å²) in [5.41, 5.74) is 3.26. The van der Waals surface area contributed by atoms with E-state index in [0.29, 0.717) is 17.2 Å². The smallest absolute Gasteiger partial charge is 0.369 e. The number of ether oxygens (including phenoxy) is 1. The van der Waals surface area contributed by atoms with Crippen LogP contribution in [0.3, 0.4) is 0 Å². The van der Waals surface area contributed by atoms with Crippen LogP contribution in [0.4, 0.5) is 0 Å². The van der Waals surface area contributed by atoms with Crippen molar-refractivity contribution in [1.82, 2.24) is 4.90 Å². The van der Waals surface area contributed by atoms with Crippen LogP contribution in [0, 0.1) is 0 Å². The topological polar surface area (TPSA) is 51.1 Å². The molecule has 2 aromatic rings. The highest BCUT2D eigenvalue weighted by Crippen LogP contribution is 2.29. The average molecular weight is 362 g/mol. The van der Waals surface area contributed by atoms with Gasteiger partial charge in [-0.2, -0.15) is 0 Å². The standard InChI is InChI=1S/C22H22N2O3/c1-26-19-9-5-8-18(14-19)21-20(22(25)27-23-21)15-24-12-10-17(11-13-24)16-6-3-2-4-7-16/h2-9,14-15,17H,10-13H2,1H3/b20-15-. The molecule has 27 heavy (non-hydrogen) atoms. The largest absolute Gasteiger partial charge is 0.497 e. The zero-order chi connectivity index (χ0) is 18.6. The first kappa shape index (κ1) is 17.3. The highest BCUT2D eigenvalue weighted by molar-refractivity contribution is 6.28. The SMILES string of the molecule is COc1cccc(C2=NOC(=O)/C2=C\N2CCC(c3ccccc3)CC2)c1. The lowest BCUT2D eigenvalue weighted by atomic mass is 9.89. The minimum absolute atomic E-state index is 0.405. The van der Waals surface area contributed by atoms with Crippen molar-refractivity contribution >= 4 is 11.7 Å². The molecule has 0 amide bonds. The highest BCUT2D eigenvalue weighted by atomic mass is 16.7. The van der Waals surface area contributed by atoms with Crippen LogP contribution in [0.25, 0.3) is 0 Å². The Labute approximate surface area is 158 Å². The van der Waals surface area contributed by atoms with Gasteiger partial charge in [0.2, 0.25) is 0 Å². The van der Waals surface area contributed by atoms with E-state index in [1.165, 1.54) is 5.56 Å². The van der Waals surface area contributed by atoms with Crippen molar-refractivity contribution in [1.29, 1.82) is 0 Å². The fourth-order valence-corrected chi connectivity index (χ4v) is 3.64. The van der Waals surface area contributed by atoms with Crippen molar-refractivity contribution in [3.05, 3.63) is 77.5 Å². The Morgan fingerprint density at radius 1 is 1.11 bits per heavy atom. The third kappa shape index (κ3) is 3.72. The molecule has 0 bridgehead atoms. The number of benzene rings is 2. The Bertz CT molecular complexity index is 881. The average Bonchev–Trinajstić information content (AvgIpc) is 3.09. The summed E-state index contributed by atoms with van der Waals surface area (Å²) in [5.74, 6) is 0.887. The van der Waals surface area contributed by atoms with E-state index in [-0.39, 0.29) is 0 Å². The lowest BCUT2D eigenvalue weighted by molar-refractivity contribution is -0.136. The molecule has 5 nitrogen and oxygen atoms in total. The van der Waals surface area contributed by atoms with Crippen LogP contribution in [0.5, 0.6) is 5.75 Å². The van der Waals surface area contributed by atoms with Crippen LogP contribution in [-0.2, 0) is 9.63 Å². The molecule has 0 radical (unpaired) electrons. The van der Waals surface area contributed by atoms with Crippen LogP contribution in [-0.4, -0.2) is 36.8 Å². The molecule has 0 atom stereocenters. The highest BCUT2D eigenvalue weighted by Gasteiger charge is 2.29. The van der Waals surface area contributed by atoms with Crippen molar-refractivity contribution in [2.45, 2.75) is 18.8 Å². The van der Waals surface area contributed by atoms with Gasteiger partial charge in [0.05, 0.1) is 7.11 Å². The van der Waals surface area contributed by atoms with Gasteiger partial charge in [0, 0.05) is 24.9 Å². The van der Waals surface area contributed by atoms with E-state index in [1.54, 1.807) is 7.11 Å². The summed E-state index contributed by atoms with van der Waals surface area (Å²) in [6.45, 7) is 1.81. The minimum Gasteiger partial charge on any atom is -0.497 e. The van der Waals surface area contributed by atoms with E-state index < -0.39 is 5.97 Å². The molecule has 0 saturated carbocycles. The molecule has 2 heterocycles. The van der Waals surface area contributed by atoms with E-state index in [0.717, 1.165) is 37.2 Å². The number of nitrogens with zero attached hydrogens (tertiary/aromatic N) is 2. The fraction of sp³-hybridized carbons (Fsp3) is 0.273. The monoisotopic (exact) mass is 362 g/mol. The first-order valence-electron chi connectivity index (χ1n) is 9.19. The first-order valence-corrected chi connectivity index (χ1v) is 9.19. The number of carbonyl (C=O) groups excluding carboxylic acids is 1. The molecule has 0 aromatic heterocycles. The number of carbonyl (C=O) groups is 1. The number of rotatable bonds is 4. The summed E-state index contributed by atoms with van der Waals surface area (Å²) in [7, 11) is 1.62. The number of hydrogen-bond donors (Lipinski definition) is 0. The molecule has 4 rings (SSSR count). The van der Waals surface area contributed by atoms with Crippen molar-refractivity contribution in [2.24, 2.45) is 5.16 Å². The second-order valence-electron chi connectivity index (χ2n) is 6.81. The molecule has 2 aliphatic heterocycles. The maximum Gasteiger partial charge on any atom is 0.369 e. The summed E-state index contributed by atoms with van der Waals surface area (Å²) >= 11 is 0. The number of oxime groups is 1. The molecule has 2 aromatic carbocycles. The van der Waals surface area contributed by atoms with Crippen LogP contribution in [0.15, 0.2) is 71.5 Å². The summed E-state index contributed by atoms with van der Waals surface area (Å²) in [6, 6.07) is 18.1. The van der Waals surface area contributed by atoms with E-state index in [1.807, 2.05) is 36.5 Å². The van der Waals surface area contributed by atoms with Crippen molar-refractivity contribution in [3.8, 4) is 5.75 Å². The normalized spacial score (nSPS) is 19.1. The van der Waals surface area contributed by atoms with Crippen LogP contribution >= 0.6 is 0 Å². The van der Waals surface area contributed by atoms with Gasteiger partial charge in [0.25, 0.3) is 0 Å². The van der Waals surface area contributed by atoms with Gasteiger partial charge in [-0.25, -0.2) is 4.79 Å². The number of piperidine rings is 1. The molecule has 1 fully saturated rings. The molecule has 0 aliphatic carbocycles. The van der Waals surface area contributed by atoms with Crippen molar-refractivity contribution < 1.29 is 14.4 Å². The fourth-order valence-electron chi connectivity index (χ4n) is 3.64. The van der Waals surface area contributed by atoms with Gasteiger partial charge in [0.1, 0.15) is 17.0 Å². The second-order valence-corrected chi connectivity index (χ2v) is 6.81. The number of likely N-dealkylation sites (tertiary alicyclic amines) is 1. The Hall–Kier alpha value is -3.08. The minimum atomic E-state index is -0.405. The molecule has 2 aliphatic rings. The molecule has 0 spiro atoms. The van der Waals surface area contributed by atoms with E-state index >= 15 is 0 Å². The maximum absolute atomic E-state index is 12.2. The van der Waals surface area contributed by atoms with E-state index in [9.17, 15) is 4.79 Å². The molecule has 1 saturated heterocycles. The van der Waals surface area contributed by atoms with Gasteiger partial charge in [-0.05, 0) is 36.5 Å². The van der Waals surface area contributed by atoms with Crippen LogP contribution in [0.1, 0.15) is 29.9 Å². The predicted molar refractivity (Wildman–Crippen MR) is 104 cm³/mol. The van der Waals surface area contributed by atoms with Crippen LogP contribution < -0.4 is 4.74 Å². The van der Waals surface area contributed by atoms with Gasteiger partial charge >= 0.3 is 5.97 Å². The third-order valence-corrected chi connectivity index (χ3v) is 5.15. The zero-order valence-corrected chi connectivity index (χ0v) is 15.3. The molecule has 138 valence electrons. The Balaban J connectivity index is 1.49. The molecular weight excluding hydrogens is 340 g/mol.